The molecule has 2 aliphatic heterocycles. The molecule has 0 saturated heterocycles. The zero-order valence-corrected chi connectivity index (χ0v) is 45.7. The Morgan fingerprint density at radius 3 is 0.889 bits per heavy atom. The topological polar surface area (TPSA) is 52.0 Å². The molecule has 0 bridgehead atoms. The molecule has 0 saturated carbocycles. The summed E-state index contributed by atoms with van der Waals surface area (Å²) in [6, 6.07) is 106. The number of anilines is 8. The van der Waals surface area contributed by atoms with E-state index in [9.17, 15) is 0 Å². The maximum atomic E-state index is 18.2. The Morgan fingerprint density at radius 2 is 0.531 bits per heavy atom. The first-order valence-corrected chi connectivity index (χ1v) is 30.4. The lowest BCUT2D eigenvalue weighted by molar-refractivity contribution is 0.572. The fourth-order valence-corrected chi connectivity index (χ4v) is 18.5. The monoisotopic (exact) mass is 1080 g/mol. The van der Waals surface area contributed by atoms with Gasteiger partial charge in [0.2, 0.25) is 0 Å². The number of fused-ring (bicyclic) bond motifs is 5. The number of benzene rings is 12. The summed E-state index contributed by atoms with van der Waals surface area (Å²) in [5.74, 6) is 0. The van der Waals surface area contributed by atoms with Gasteiger partial charge >= 0.3 is 15.0 Å². The van der Waals surface area contributed by atoms with E-state index in [0.29, 0.717) is 5.30 Å². The van der Waals surface area contributed by atoms with Gasteiger partial charge in [0.15, 0.2) is 0 Å². The Hall–Kier alpha value is -9.90. The second-order valence-corrected chi connectivity index (χ2v) is 25.0. The minimum Gasteiger partial charge on any atom is -0.270 e. The fourth-order valence-electron chi connectivity index (χ4n) is 12.3. The van der Waals surface area contributed by atoms with E-state index in [1.165, 1.54) is 0 Å². The summed E-state index contributed by atoms with van der Waals surface area (Å²) in [5, 5.41) is 2.33. The molecule has 12 aromatic carbocycles. The van der Waals surface area contributed by atoms with Gasteiger partial charge in [0.05, 0.1) is 50.5 Å². The van der Waals surface area contributed by atoms with Crippen molar-refractivity contribution in [3.8, 4) is 44.5 Å². The number of nitrogens with zero attached hydrogens (tertiary/aromatic N) is 5. The Bertz CT molecular complexity index is 4360. The summed E-state index contributed by atoms with van der Waals surface area (Å²) in [7, 11) is -8.11. The molecule has 0 amide bonds. The molecule has 7 nitrogen and oxygen atoms in total. The lowest BCUT2D eigenvalue weighted by Crippen LogP contribution is -2.26. The van der Waals surface area contributed by atoms with E-state index in [1.807, 2.05) is 115 Å². The lowest BCUT2D eigenvalue weighted by atomic mass is 9.93. The van der Waals surface area contributed by atoms with Crippen molar-refractivity contribution in [2.75, 3.05) is 18.7 Å². The number of aromatic nitrogens is 1. The van der Waals surface area contributed by atoms with Gasteiger partial charge in [-0.05, 0) is 142 Å². The molecule has 2 aliphatic rings. The average Bonchev–Trinajstić information content (AvgIpc) is 3.94. The van der Waals surface area contributed by atoms with E-state index in [4.69, 9.17) is 0 Å². The highest BCUT2D eigenvalue weighted by atomic mass is 31.2. The van der Waals surface area contributed by atoms with E-state index in [1.54, 1.807) is 0 Å². The van der Waals surface area contributed by atoms with Crippen molar-refractivity contribution in [3.05, 3.63) is 309 Å². The molecule has 0 atom stereocenters. The molecule has 15 rings (SSSR count). The predicted molar refractivity (Wildman–Crippen MR) is 339 cm³/mol. The maximum absolute atomic E-state index is 18.2. The van der Waals surface area contributed by atoms with Crippen LogP contribution < -0.4 is 24.0 Å². The number of hydrogen-bond donors (Lipinski definition) is 0. The fraction of sp³-hybridized carbons (Fsp3) is 0. The van der Waals surface area contributed by atoms with Gasteiger partial charge in [0.1, 0.15) is 0 Å². The van der Waals surface area contributed by atoms with Crippen molar-refractivity contribution in [2.45, 2.75) is 0 Å². The van der Waals surface area contributed by atoms with E-state index in [2.05, 4.69) is 217 Å². The van der Waals surface area contributed by atoms with Crippen LogP contribution >= 0.6 is 15.0 Å². The SMILES string of the molecule is O=P1(c2ccc3c(c2)c2ccccc2n3P2(=O)N(c3ccccc3)c3cc(-c4ccccc4)c(-c4ccccc4)cc3N2c2ccccc2)N(c2ccccc2)c2cc(-c3ccccc3)c(-c3ccccc3)cc2N1c1ccccc1. The largest absolute Gasteiger partial charge is 0.374 e. The van der Waals surface area contributed by atoms with Crippen LogP contribution in [-0.2, 0) is 9.13 Å². The minimum atomic E-state index is -4.14. The van der Waals surface area contributed by atoms with Crippen LogP contribution in [0.25, 0.3) is 66.3 Å². The number of rotatable bonds is 10. The van der Waals surface area contributed by atoms with E-state index >= 15 is 9.13 Å². The van der Waals surface area contributed by atoms with E-state index in [-0.39, 0.29) is 0 Å². The molecule has 9 heteroatoms. The summed E-state index contributed by atoms with van der Waals surface area (Å²) in [5.41, 5.74) is 16.3. The first kappa shape index (κ1) is 48.2. The molecular formula is C72H51N5O2P2. The zero-order valence-electron chi connectivity index (χ0n) is 43.9. The Balaban J connectivity index is 1.01. The highest BCUT2D eigenvalue weighted by molar-refractivity contribution is 7.76. The smallest absolute Gasteiger partial charge is 0.270 e. The lowest BCUT2D eigenvalue weighted by Gasteiger charge is -2.35. The quantitative estimate of drug-likeness (QED) is 0.127. The molecule has 0 aliphatic carbocycles. The van der Waals surface area contributed by atoms with Gasteiger partial charge in [-0.2, -0.15) is 0 Å². The van der Waals surface area contributed by atoms with Crippen molar-refractivity contribution in [1.29, 1.82) is 0 Å². The molecule has 81 heavy (non-hydrogen) atoms. The normalized spacial score (nSPS) is 14.1. The summed E-state index contributed by atoms with van der Waals surface area (Å²) >= 11 is 0. The Labute approximate surface area is 471 Å². The van der Waals surface area contributed by atoms with Crippen LogP contribution in [0.3, 0.4) is 0 Å². The van der Waals surface area contributed by atoms with Crippen LogP contribution in [0.4, 0.5) is 45.5 Å². The van der Waals surface area contributed by atoms with Crippen molar-refractivity contribution >= 4 is 87.6 Å². The van der Waals surface area contributed by atoms with Gasteiger partial charge in [-0.1, -0.05) is 212 Å². The van der Waals surface area contributed by atoms with Gasteiger partial charge in [0, 0.05) is 22.1 Å². The third kappa shape index (κ3) is 7.65. The first-order chi connectivity index (χ1) is 40.0. The first-order valence-electron chi connectivity index (χ1n) is 27.2. The van der Waals surface area contributed by atoms with Gasteiger partial charge in [-0.3, -0.25) is 27.6 Å². The molecule has 0 fully saturated rings. The van der Waals surface area contributed by atoms with E-state index < -0.39 is 15.0 Å². The second-order valence-electron chi connectivity index (χ2n) is 20.4. The molecule has 0 radical (unpaired) electrons. The van der Waals surface area contributed by atoms with Crippen molar-refractivity contribution in [2.24, 2.45) is 0 Å². The van der Waals surface area contributed by atoms with Crippen LogP contribution in [0.1, 0.15) is 0 Å². The molecule has 13 aromatic rings. The van der Waals surface area contributed by atoms with Crippen LogP contribution in [0.5, 0.6) is 0 Å². The summed E-state index contributed by atoms with van der Waals surface area (Å²) in [6.45, 7) is 0. The molecule has 0 spiro atoms. The molecule has 0 N–H and O–H groups in total. The zero-order chi connectivity index (χ0) is 54.1. The molecule has 1 aromatic heterocycles. The third-order valence-electron chi connectivity index (χ3n) is 15.8. The van der Waals surface area contributed by atoms with Crippen LogP contribution in [-0.4, -0.2) is 4.34 Å². The molecule has 386 valence electrons. The standard InChI is InChI=1S/C72H51N5O2P2/c78-80(73(56-35-17-5-18-36-56)69-48-62(52-27-9-1-10-28-52)63(53-29-11-2-12-30-53)49-70(69)74(80)57-37-19-6-20-38-57)60-45-46-68-66(47-60)61-43-25-26-44-67(61)77(68)81(79)75(58-39-21-7-22-40-58)71-50-64(54-31-13-3-14-32-54)65(55-33-15-4-16-34-55)51-72(71)76(81)59-41-23-8-24-42-59/h1-51H. The van der Waals surface area contributed by atoms with Crippen molar-refractivity contribution < 1.29 is 9.13 Å². The summed E-state index contributed by atoms with van der Waals surface area (Å²) in [6.07, 6.45) is 0. The van der Waals surface area contributed by atoms with Crippen LogP contribution in [0.2, 0.25) is 0 Å². The highest BCUT2D eigenvalue weighted by Gasteiger charge is 2.53. The number of hydrogen-bond acceptors (Lipinski definition) is 2. The van der Waals surface area contributed by atoms with Gasteiger partial charge in [-0.25, -0.2) is 4.57 Å². The Kier molecular flexibility index (Phi) is 11.6. The maximum Gasteiger partial charge on any atom is 0.374 e. The summed E-state index contributed by atoms with van der Waals surface area (Å²) < 4.78 is 46.4. The predicted octanol–water partition coefficient (Wildman–Crippen LogP) is 20.2. The van der Waals surface area contributed by atoms with E-state index in [0.717, 1.165) is 112 Å². The number of para-hydroxylation sites is 5. The van der Waals surface area contributed by atoms with Crippen molar-refractivity contribution in [3.63, 3.8) is 0 Å². The summed E-state index contributed by atoms with van der Waals surface area (Å²) in [4.78, 5) is 0. The minimum absolute atomic E-state index is 0.622. The molecule has 0 unspecified atom stereocenters. The van der Waals surface area contributed by atoms with Gasteiger partial charge in [0.25, 0.3) is 0 Å². The Morgan fingerprint density at radius 1 is 0.247 bits per heavy atom. The molecule has 3 heterocycles. The van der Waals surface area contributed by atoms with Crippen LogP contribution in [0.15, 0.2) is 309 Å². The third-order valence-corrected chi connectivity index (χ3v) is 21.6. The van der Waals surface area contributed by atoms with Crippen LogP contribution in [0, 0.1) is 0 Å². The van der Waals surface area contributed by atoms with Gasteiger partial charge in [-0.15, -0.1) is 0 Å². The second kappa shape index (κ2) is 19.5. The average molecular weight is 1080 g/mol. The van der Waals surface area contributed by atoms with Gasteiger partial charge < -0.3 is 0 Å². The highest BCUT2D eigenvalue weighted by Crippen LogP contribution is 2.75. The van der Waals surface area contributed by atoms with Crippen molar-refractivity contribution in [1.82, 2.24) is 4.34 Å². The molecular weight excluding hydrogens is 1030 g/mol.